The molecule has 1 N–H and O–H groups in total. The molecule has 6 nitrogen and oxygen atoms in total. The molecule has 0 aliphatic heterocycles. The van der Waals surface area contributed by atoms with E-state index < -0.39 is 0 Å². The number of aromatic nitrogens is 6. The molecule has 3 aromatic rings. The molecule has 0 bridgehead atoms. The molecule has 58 valence electrons. The summed E-state index contributed by atoms with van der Waals surface area (Å²) in [5.74, 6) is 0. The van der Waals surface area contributed by atoms with E-state index in [0.717, 1.165) is 11.2 Å². The molecule has 0 atom stereocenters. The van der Waals surface area contributed by atoms with Crippen LogP contribution in [0.5, 0.6) is 0 Å². The van der Waals surface area contributed by atoms with Gasteiger partial charge in [-0.3, -0.25) is 0 Å². The van der Waals surface area contributed by atoms with Gasteiger partial charge in [0, 0.05) is 0 Å². The third-order valence-corrected chi connectivity index (χ3v) is 1.71. The maximum atomic E-state index is 4.06. The highest BCUT2D eigenvalue weighted by atomic mass is 15.3. The van der Waals surface area contributed by atoms with Gasteiger partial charge in [-0.1, -0.05) is 0 Å². The Kier molecular flexibility index (Phi) is 0.840. The number of hydrogen-bond acceptors (Lipinski definition) is 4. The molecule has 6 heteroatoms. The minimum atomic E-state index is 0.663. The number of rotatable bonds is 0. The van der Waals surface area contributed by atoms with Gasteiger partial charge in [0.1, 0.15) is 18.2 Å². The first-order valence-corrected chi connectivity index (χ1v) is 3.42. The number of fused-ring (bicyclic) bond motifs is 3. The van der Waals surface area contributed by atoms with Crippen LogP contribution in [-0.4, -0.2) is 29.5 Å². The lowest BCUT2D eigenvalue weighted by molar-refractivity contribution is 0.931. The van der Waals surface area contributed by atoms with Crippen molar-refractivity contribution in [2.45, 2.75) is 0 Å². The fourth-order valence-electron chi connectivity index (χ4n) is 1.17. The predicted molar refractivity (Wildman–Crippen MR) is 40.4 cm³/mol. The summed E-state index contributed by atoms with van der Waals surface area (Å²) in [6, 6.07) is 0. The maximum absolute atomic E-state index is 4.06. The van der Waals surface area contributed by atoms with Gasteiger partial charge in [-0.05, 0) is 0 Å². The molecule has 0 amide bonds. The van der Waals surface area contributed by atoms with Gasteiger partial charge in [-0.25, -0.2) is 19.5 Å². The van der Waals surface area contributed by atoms with Crippen molar-refractivity contribution in [3.63, 3.8) is 0 Å². The lowest BCUT2D eigenvalue weighted by Gasteiger charge is -1.89. The molecular formula is C6H4N6. The van der Waals surface area contributed by atoms with E-state index in [1.165, 1.54) is 6.33 Å². The lowest BCUT2D eigenvalue weighted by Crippen LogP contribution is -1.90. The fraction of sp³-hybridized carbons (Fsp3) is 0. The number of hydrogen-bond donors (Lipinski definition) is 1. The van der Waals surface area contributed by atoms with Crippen molar-refractivity contribution in [1.29, 1.82) is 0 Å². The summed E-state index contributed by atoms with van der Waals surface area (Å²) in [6.07, 6.45) is 4.66. The third-order valence-electron chi connectivity index (χ3n) is 1.71. The van der Waals surface area contributed by atoms with Crippen molar-refractivity contribution in [2.75, 3.05) is 0 Å². The van der Waals surface area contributed by atoms with Crippen molar-refractivity contribution in [2.24, 2.45) is 0 Å². The van der Waals surface area contributed by atoms with Crippen LogP contribution in [0.4, 0.5) is 0 Å². The average molecular weight is 160 g/mol. The molecule has 3 rings (SSSR count). The Labute approximate surface area is 66.3 Å². The topological polar surface area (TPSA) is 71.8 Å². The largest absolute Gasteiger partial charge is 0.340 e. The number of imidazole rings is 1. The van der Waals surface area contributed by atoms with Crippen molar-refractivity contribution in [1.82, 2.24) is 29.5 Å². The van der Waals surface area contributed by atoms with Gasteiger partial charge in [0.25, 0.3) is 0 Å². The summed E-state index contributed by atoms with van der Waals surface area (Å²) in [6.45, 7) is 0. The minimum Gasteiger partial charge on any atom is -0.340 e. The van der Waals surface area contributed by atoms with E-state index in [2.05, 4.69) is 25.0 Å². The van der Waals surface area contributed by atoms with Crippen LogP contribution in [0, 0.1) is 0 Å². The summed E-state index contributed by atoms with van der Waals surface area (Å²) >= 11 is 0. The van der Waals surface area contributed by atoms with Crippen LogP contribution in [0.25, 0.3) is 16.8 Å². The molecule has 0 saturated carbocycles. The van der Waals surface area contributed by atoms with Gasteiger partial charge in [0.05, 0.1) is 6.33 Å². The molecule has 12 heavy (non-hydrogen) atoms. The zero-order valence-electron chi connectivity index (χ0n) is 5.97. The summed E-state index contributed by atoms with van der Waals surface area (Å²) in [5.41, 5.74) is 2.23. The summed E-state index contributed by atoms with van der Waals surface area (Å²) in [7, 11) is 0. The Bertz CT molecular complexity index is 485. The molecule has 3 heterocycles. The molecule has 0 fully saturated rings. The SMILES string of the molecule is c1nc2c3[nH]cnc3ncn2n1. The van der Waals surface area contributed by atoms with Gasteiger partial charge < -0.3 is 4.98 Å². The first-order valence-electron chi connectivity index (χ1n) is 3.42. The number of H-pyrrole nitrogens is 1. The summed E-state index contributed by atoms with van der Waals surface area (Å²) in [5, 5.41) is 3.94. The van der Waals surface area contributed by atoms with E-state index in [9.17, 15) is 0 Å². The Hall–Kier alpha value is -1.98. The summed E-state index contributed by atoms with van der Waals surface area (Å²) < 4.78 is 1.60. The molecular weight excluding hydrogens is 156 g/mol. The van der Waals surface area contributed by atoms with Crippen molar-refractivity contribution >= 4 is 16.8 Å². The minimum absolute atomic E-state index is 0.663. The van der Waals surface area contributed by atoms with Gasteiger partial charge in [0.2, 0.25) is 0 Å². The zero-order valence-corrected chi connectivity index (χ0v) is 5.97. The Morgan fingerprint density at radius 1 is 1.25 bits per heavy atom. The van der Waals surface area contributed by atoms with Crippen LogP contribution in [0.2, 0.25) is 0 Å². The van der Waals surface area contributed by atoms with Crippen LogP contribution in [0.15, 0.2) is 19.0 Å². The Balaban J connectivity index is 2.71. The second-order valence-electron chi connectivity index (χ2n) is 2.37. The van der Waals surface area contributed by atoms with E-state index in [1.807, 2.05) is 0 Å². The smallest absolute Gasteiger partial charge is 0.184 e. The van der Waals surface area contributed by atoms with Gasteiger partial charge in [0.15, 0.2) is 11.3 Å². The molecule has 0 saturated heterocycles. The number of nitrogens with zero attached hydrogens (tertiary/aromatic N) is 5. The Morgan fingerprint density at radius 2 is 2.25 bits per heavy atom. The predicted octanol–water partition coefficient (Wildman–Crippen LogP) is 0.000600. The standard InChI is InChI=1S/C6H4N6/c1-7-4-5(8-1)10-3-12-6(4)9-2-11-12/h1-3H,(H,7,8). The fourth-order valence-corrected chi connectivity index (χ4v) is 1.17. The molecule has 0 aromatic carbocycles. The van der Waals surface area contributed by atoms with E-state index >= 15 is 0 Å². The highest BCUT2D eigenvalue weighted by molar-refractivity contribution is 5.83. The second kappa shape index (κ2) is 1.79. The van der Waals surface area contributed by atoms with E-state index in [-0.39, 0.29) is 0 Å². The van der Waals surface area contributed by atoms with E-state index in [1.54, 1.807) is 17.2 Å². The second-order valence-corrected chi connectivity index (χ2v) is 2.37. The van der Waals surface area contributed by atoms with Crippen molar-refractivity contribution in [3.05, 3.63) is 19.0 Å². The van der Waals surface area contributed by atoms with Gasteiger partial charge in [-0.15, -0.1) is 0 Å². The van der Waals surface area contributed by atoms with Crippen molar-refractivity contribution < 1.29 is 0 Å². The van der Waals surface area contributed by atoms with Crippen molar-refractivity contribution in [3.8, 4) is 0 Å². The van der Waals surface area contributed by atoms with Gasteiger partial charge >= 0.3 is 0 Å². The first kappa shape index (κ1) is 5.64. The van der Waals surface area contributed by atoms with Crippen LogP contribution in [0.1, 0.15) is 0 Å². The average Bonchev–Trinajstić information content (AvgIpc) is 2.71. The maximum Gasteiger partial charge on any atom is 0.184 e. The highest BCUT2D eigenvalue weighted by Gasteiger charge is 2.03. The van der Waals surface area contributed by atoms with E-state index in [4.69, 9.17) is 0 Å². The van der Waals surface area contributed by atoms with Crippen LogP contribution in [-0.2, 0) is 0 Å². The Morgan fingerprint density at radius 3 is 3.25 bits per heavy atom. The molecule has 0 radical (unpaired) electrons. The highest BCUT2D eigenvalue weighted by Crippen LogP contribution is 2.09. The van der Waals surface area contributed by atoms with Gasteiger partial charge in [-0.2, -0.15) is 5.10 Å². The molecule has 0 aliphatic carbocycles. The number of nitrogens with one attached hydrogen (secondary N) is 1. The van der Waals surface area contributed by atoms with Crippen LogP contribution >= 0.6 is 0 Å². The lowest BCUT2D eigenvalue weighted by atomic mass is 10.5. The van der Waals surface area contributed by atoms with Crippen LogP contribution in [0.3, 0.4) is 0 Å². The summed E-state index contributed by atoms with van der Waals surface area (Å²) in [4.78, 5) is 15.1. The normalized spacial score (nSPS) is 11.3. The molecule has 3 aromatic heterocycles. The first-order chi connectivity index (χ1) is 5.95. The zero-order chi connectivity index (χ0) is 7.97. The third kappa shape index (κ3) is 0.541. The molecule has 0 spiro atoms. The quantitative estimate of drug-likeness (QED) is 0.502. The monoisotopic (exact) mass is 160 g/mol. The van der Waals surface area contributed by atoms with Crippen LogP contribution < -0.4 is 0 Å². The number of aromatic amines is 1. The molecule has 0 aliphatic rings. The van der Waals surface area contributed by atoms with E-state index in [0.29, 0.717) is 5.65 Å². The molecule has 0 unspecified atom stereocenters.